The summed E-state index contributed by atoms with van der Waals surface area (Å²) in [5.74, 6) is -2.15. The largest absolute Gasteiger partial charge is 0.497 e. The Balaban J connectivity index is 1.61. The minimum absolute atomic E-state index is 0.323. The lowest BCUT2D eigenvalue weighted by atomic mass is 9.79. The zero-order valence-corrected chi connectivity index (χ0v) is 21.5. The number of ether oxygens (including phenoxy) is 7. The zero-order chi connectivity index (χ0) is 25.8. The van der Waals surface area contributed by atoms with E-state index in [-0.39, 0.29) is 0 Å². The van der Waals surface area contributed by atoms with E-state index in [0.717, 1.165) is 23.2 Å². The quantitative estimate of drug-likeness (QED) is 0.455. The van der Waals surface area contributed by atoms with Crippen molar-refractivity contribution in [3.05, 3.63) is 65.7 Å². The Morgan fingerprint density at radius 3 is 2.00 bits per heavy atom. The molecule has 8 heteroatoms. The lowest BCUT2D eigenvalue weighted by Crippen LogP contribution is -2.71. The van der Waals surface area contributed by atoms with E-state index < -0.39 is 41.9 Å². The van der Waals surface area contributed by atoms with Gasteiger partial charge in [-0.25, -0.2) is 0 Å². The Morgan fingerprint density at radius 1 is 0.833 bits per heavy atom. The van der Waals surface area contributed by atoms with Crippen LogP contribution in [0.25, 0.3) is 0 Å². The van der Waals surface area contributed by atoms with Crippen molar-refractivity contribution in [2.75, 3.05) is 21.3 Å². The molecule has 0 N–H and O–H groups in total. The standard InChI is InChI=1S/C28H36O8/c1-27(31-4)28(2,32-5)36-26-24(35-27)21(16-29)15-23(33-17-19-9-7-6-8-10-19)25(26)34-18-20-11-13-22(30-3)14-12-20/h6-14,16,21,23-26H,15,17-18H2,1-5H3/t21-,23+,24-,25-,26+,27+,28+/m1/s1. The number of benzene rings is 2. The second-order valence-electron chi connectivity index (χ2n) is 9.46. The Bertz CT molecular complexity index is 983. The molecule has 1 heterocycles. The maximum Gasteiger partial charge on any atom is 0.220 e. The molecule has 196 valence electrons. The predicted octanol–water partition coefficient (Wildman–Crippen LogP) is 3.89. The van der Waals surface area contributed by atoms with E-state index in [1.165, 1.54) is 14.2 Å². The second-order valence-corrected chi connectivity index (χ2v) is 9.46. The van der Waals surface area contributed by atoms with E-state index in [1.807, 2.05) is 54.6 Å². The van der Waals surface area contributed by atoms with E-state index in [1.54, 1.807) is 21.0 Å². The summed E-state index contributed by atoms with van der Waals surface area (Å²) in [5.41, 5.74) is 2.00. The molecule has 0 spiro atoms. The smallest absolute Gasteiger partial charge is 0.220 e. The average molecular weight is 501 g/mol. The lowest BCUT2D eigenvalue weighted by Gasteiger charge is -2.57. The predicted molar refractivity (Wildman–Crippen MR) is 131 cm³/mol. The fourth-order valence-corrected chi connectivity index (χ4v) is 4.86. The fraction of sp³-hybridized carbons (Fsp3) is 0.536. The number of fused-ring (bicyclic) bond motifs is 1. The van der Waals surface area contributed by atoms with Crippen LogP contribution in [-0.2, 0) is 46.4 Å². The van der Waals surface area contributed by atoms with E-state index in [9.17, 15) is 4.79 Å². The van der Waals surface area contributed by atoms with Crippen LogP contribution in [0.3, 0.4) is 0 Å². The number of carbonyl (C=O) groups excluding carboxylic acids is 1. The van der Waals surface area contributed by atoms with Gasteiger partial charge in [0.25, 0.3) is 0 Å². The first-order valence-electron chi connectivity index (χ1n) is 12.2. The first-order valence-corrected chi connectivity index (χ1v) is 12.2. The third-order valence-corrected chi connectivity index (χ3v) is 7.35. The summed E-state index contributed by atoms with van der Waals surface area (Å²) >= 11 is 0. The van der Waals surface area contributed by atoms with Crippen LogP contribution in [0.5, 0.6) is 5.75 Å². The lowest BCUT2D eigenvalue weighted by molar-refractivity contribution is -0.464. The summed E-state index contributed by atoms with van der Waals surface area (Å²) in [7, 11) is 4.70. The van der Waals surface area contributed by atoms with E-state index in [4.69, 9.17) is 33.2 Å². The van der Waals surface area contributed by atoms with Crippen LogP contribution in [0.1, 0.15) is 31.4 Å². The number of rotatable bonds is 10. The number of methoxy groups -OCH3 is 3. The van der Waals surface area contributed by atoms with Gasteiger partial charge in [-0.3, -0.25) is 0 Å². The molecule has 7 atom stereocenters. The molecule has 0 aromatic heterocycles. The average Bonchev–Trinajstić information content (AvgIpc) is 2.92. The van der Waals surface area contributed by atoms with Gasteiger partial charge in [0, 0.05) is 20.1 Å². The molecule has 2 fully saturated rings. The van der Waals surface area contributed by atoms with E-state index >= 15 is 0 Å². The summed E-state index contributed by atoms with van der Waals surface area (Å²) in [6.07, 6.45) is -0.804. The molecule has 8 nitrogen and oxygen atoms in total. The molecule has 0 bridgehead atoms. The highest BCUT2D eigenvalue weighted by Gasteiger charge is 2.62. The van der Waals surface area contributed by atoms with Gasteiger partial charge >= 0.3 is 0 Å². The summed E-state index contributed by atoms with van der Waals surface area (Å²) in [6, 6.07) is 17.6. The van der Waals surface area contributed by atoms with Gasteiger partial charge in [0.1, 0.15) is 24.2 Å². The molecule has 1 aliphatic carbocycles. The van der Waals surface area contributed by atoms with Gasteiger partial charge in [0.05, 0.1) is 32.5 Å². The summed E-state index contributed by atoms with van der Waals surface area (Å²) in [5, 5.41) is 0. The summed E-state index contributed by atoms with van der Waals surface area (Å²) < 4.78 is 42.4. The zero-order valence-electron chi connectivity index (χ0n) is 21.5. The van der Waals surface area contributed by atoms with Crippen LogP contribution >= 0.6 is 0 Å². The maximum atomic E-state index is 12.2. The SMILES string of the molecule is COc1ccc(CO[C@H]2[C@H]3O[C@](C)(OC)[C@@](C)(OC)O[C@@H]3[C@@H](C=O)C[C@@H]2OCc2ccccc2)cc1. The van der Waals surface area contributed by atoms with Crippen LogP contribution in [0.4, 0.5) is 0 Å². The van der Waals surface area contributed by atoms with Gasteiger partial charge in [-0.1, -0.05) is 42.5 Å². The summed E-state index contributed by atoms with van der Waals surface area (Å²) in [4.78, 5) is 12.2. The monoisotopic (exact) mass is 500 g/mol. The van der Waals surface area contributed by atoms with Crippen LogP contribution in [-0.4, -0.2) is 63.6 Å². The Hall–Kier alpha value is -2.33. The van der Waals surface area contributed by atoms with Crippen molar-refractivity contribution in [2.24, 2.45) is 5.92 Å². The highest BCUT2D eigenvalue weighted by molar-refractivity contribution is 5.55. The highest BCUT2D eigenvalue weighted by atomic mass is 16.8. The number of carbonyl (C=O) groups is 1. The van der Waals surface area contributed by atoms with Gasteiger partial charge in [-0.05, 0) is 43.5 Å². The molecule has 0 unspecified atom stereocenters. The van der Waals surface area contributed by atoms with Crippen molar-refractivity contribution in [1.29, 1.82) is 0 Å². The number of aldehydes is 1. The van der Waals surface area contributed by atoms with Crippen molar-refractivity contribution in [3.63, 3.8) is 0 Å². The Kier molecular flexibility index (Phi) is 8.44. The molecule has 1 aliphatic heterocycles. The van der Waals surface area contributed by atoms with Crippen LogP contribution < -0.4 is 4.74 Å². The molecule has 36 heavy (non-hydrogen) atoms. The van der Waals surface area contributed by atoms with Crippen molar-refractivity contribution < 1.29 is 38.0 Å². The van der Waals surface area contributed by atoms with Crippen molar-refractivity contribution in [3.8, 4) is 5.75 Å². The molecule has 2 aromatic rings. The molecule has 1 saturated carbocycles. The Morgan fingerprint density at radius 2 is 1.42 bits per heavy atom. The second kappa shape index (κ2) is 11.4. The van der Waals surface area contributed by atoms with E-state index in [0.29, 0.717) is 19.6 Å². The normalized spacial score (nSPS) is 34.1. The minimum Gasteiger partial charge on any atom is -0.497 e. The third-order valence-electron chi connectivity index (χ3n) is 7.35. The first kappa shape index (κ1) is 26.7. The molecule has 1 saturated heterocycles. The fourth-order valence-electron chi connectivity index (χ4n) is 4.86. The molecule has 2 aromatic carbocycles. The molecule has 0 amide bonds. The van der Waals surface area contributed by atoms with Gasteiger partial charge in [0.15, 0.2) is 0 Å². The van der Waals surface area contributed by atoms with Crippen molar-refractivity contribution in [2.45, 2.75) is 69.5 Å². The Labute approximate surface area is 212 Å². The molecular weight excluding hydrogens is 464 g/mol. The third kappa shape index (κ3) is 5.34. The molecule has 4 rings (SSSR count). The topological polar surface area (TPSA) is 81.7 Å². The van der Waals surface area contributed by atoms with Crippen LogP contribution in [0, 0.1) is 5.92 Å². The van der Waals surface area contributed by atoms with Gasteiger partial charge in [-0.15, -0.1) is 0 Å². The molecular formula is C28H36O8. The molecule has 0 radical (unpaired) electrons. The van der Waals surface area contributed by atoms with Crippen LogP contribution in [0.15, 0.2) is 54.6 Å². The minimum atomic E-state index is -1.24. The molecule has 2 aliphatic rings. The van der Waals surface area contributed by atoms with Gasteiger partial charge < -0.3 is 38.0 Å². The van der Waals surface area contributed by atoms with Gasteiger partial charge in [0.2, 0.25) is 11.6 Å². The van der Waals surface area contributed by atoms with E-state index in [2.05, 4.69) is 0 Å². The maximum absolute atomic E-state index is 12.2. The number of hydrogen-bond donors (Lipinski definition) is 0. The first-order chi connectivity index (χ1) is 17.4. The highest BCUT2D eigenvalue weighted by Crippen LogP contribution is 2.46. The van der Waals surface area contributed by atoms with Crippen molar-refractivity contribution in [1.82, 2.24) is 0 Å². The van der Waals surface area contributed by atoms with Crippen molar-refractivity contribution >= 4 is 6.29 Å². The van der Waals surface area contributed by atoms with Crippen LogP contribution in [0.2, 0.25) is 0 Å². The summed E-state index contributed by atoms with van der Waals surface area (Å²) in [6.45, 7) is 4.22. The van der Waals surface area contributed by atoms with Gasteiger partial charge in [-0.2, -0.15) is 0 Å². The number of hydrogen-bond acceptors (Lipinski definition) is 8.